The van der Waals surface area contributed by atoms with Gasteiger partial charge in [0, 0.05) is 0 Å². The highest BCUT2D eigenvalue weighted by Gasteiger charge is 2.40. The first-order chi connectivity index (χ1) is 6.59. The summed E-state index contributed by atoms with van der Waals surface area (Å²) in [6, 6.07) is 0. The van der Waals surface area contributed by atoms with E-state index in [1.54, 1.807) is 6.26 Å². The topological polar surface area (TPSA) is 26.3 Å². The molecule has 0 radical (unpaired) electrons. The highest BCUT2D eigenvalue weighted by atomic mass is 79.9. The third kappa shape index (κ3) is 1.62. The Morgan fingerprint density at radius 3 is 2.71 bits per heavy atom. The first kappa shape index (κ1) is 10.2. The van der Waals surface area contributed by atoms with Crippen molar-refractivity contribution in [1.29, 1.82) is 0 Å². The molecule has 1 aliphatic heterocycles. The number of ketones is 1. The molecular formula is C11H15BrO2. The molecule has 14 heavy (non-hydrogen) atoms. The van der Waals surface area contributed by atoms with E-state index in [9.17, 15) is 4.79 Å². The molecule has 0 N–H and O–H groups in total. The second-order valence-corrected chi connectivity index (χ2v) is 5.39. The quantitative estimate of drug-likeness (QED) is 0.668. The number of halogens is 1. The maximum Gasteiger partial charge on any atom is 0.179 e. The molecule has 4 unspecified atom stereocenters. The summed E-state index contributed by atoms with van der Waals surface area (Å²) in [6.45, 7) is 4.46. The molecule has 78 valence electrons. The maximum absolute atomic E-state index is 11.8. The molecule has 0 amide bonds. The number of hydrogen-bond acceptors (Lipinski definition) is 2. The first-order valence-electron chi connectivity index (χ1n) is 5.15. The number of carbonyl (C=O) groups excluding carboxylic acids is 1. The predicted molar refractivity (Wildman–Crippen MR) is 57.9 cm³/mol. The Morgan fingerprint density at radius 1 is 1.36 bits per heavy atom. The van der Waals surface area contributed by atoms with Gasteiger partial charge in [0.15, 0.2) is 5.78 Å². The molecular weight excluding hydrogens is 244 g/mol. The number of rotatable bonds is 0. The summed E-state index contributed by atoms with van der Waals surface area (Å²) in [4.78, 5) is 11.8. The van der Waals surface area contributed by atoms with Crippen LogP contribution in [0.25, 0.3) is 0 Å². The largest absolute Gasteiger partial charge is 0.496 e. The van der Waals surface area contributed by atoms with Crippen LogP contribution < -0.4 is 0 Å². The van der Waals surface area contributed by atoms with Gasteiger partial charge >= 0.3 is 0 Å². The normalized spacial score (nSPS) is 42.5. The van der Waals surface area contributed by atoms with Crippen LogP contribution in [0.5, 0.6) is 0 Å². The van der Waals surface area contributed by atoms with Gasteiger partial charge in [-0.2, -0.15) is 0 Å². The highest BCUT2D eigenvalue weighted by molar-refractivity contribution is 9.12. The molecule has 4 atom stereocenters. The molecule has 0 saturated heterocycles. The molecule has 0 aromatic heterocycles. The zero-order chi connectivity index (χ0) is 10.3. The Labute approximate surface area is 92.8 Å². The van der Waals surface area contributed by atoms with Crippen LogP contribution in [-0.4, -0.2) is 11.9 Å². The molecule has 1 heterocycles. The van der Waals surface area contributed by atoms with Gasteiger partial charge in [0.1, 0.15) is 12.4 Å². The zero-order valence-electron chi connectivity index (χ0n) is 8.50. The summed E-state index contributed by atoms with van der Waals surface area (Å²) < 4.78 is 6.15. The van der Waals surface area contributed by atoms with E-state index in [1.807, 2.05) is 0 Å². The van der Waals surface area contributed by atoms with Gasteiger partial charge in [0.25, 0.3) is 0 Å². The third-order valence-electron chi connectivity index (χ3n) is 3.57. The van der Waals surface area contributed by atoms with Crippen LogP contribution in [-0.2, 0) is 9.53 Å². The summed E-state index contributed by atoms with van der Waals surface area (Å²) >= 11 is 3.24. The van der Waals surface area contributed by atoms with Crippen molar-refractivity contribution in [3.8, 4) is 0 Å². The van der Waals surface area contributed by atoms with Crippen molar-refractivity contribution < 1.29 is 9.53 Å². The average molecular weight is 259 g/mol. The lowest BCUT2D eigenvalue weighted by molar-refractivity contribution is -0.128. The molecule has 3 heteroatoms. The maximum atomic E-state index is 11.8. The second-order valence-electron chi connectivity index (χ2n) is 4.54. The van der Waals surface area contributed by atoms with Crippen LogP contribution in [0.2, 0.25) is 0 Å². The van der Waals surface area contributed by atoms with Gasteiger partial charge in [-0.1, -0.05) is 13.8 Å². The number of ether oxygens (including phenoxy) is 1. The summed E-state index contributed by atoms with van der Waals surface area (Å²) in [5.41, 5.74) is 0. The van der Waals surface area contributed by atoms with Gasteiger partial charge in [-0.15, -0.1) is 0 Å². The summed E-state index contributed by atoms with van der Waals surface area (Å²) in [7, 11) is 0. The molecule has 2 rings (SSSR count). The number of fused-ring (bicyclic) bond motifs is 1. The Kier molecular flexibility index (Phi) is 2.69. The lowest BCUT2D eigenvalue weighted by Crippen LogP contribution is -2.41. The lowest BCUT2D eigenvalue weighted by atomic mass is 9.72. The zero-order valence-corrected chi connectivity index (χ0v) is 10.1. The molecule has 1 saturated carbocycles. The van der Waals surface area contributed by atoms with Crippen LogP contribution in [0.15, 0.2) is 10.7 Å². The van der Waals surface area contributed by atoms with Gasteiger partial charge in [-0.3, -0.25) is 4.79 Å². The smallest absolute Gasteiger partial charge is 0.179 e. The van der Waals surface area contributed by atoms with Crippen molar-refractivity contribution >= 4 is 21.7 Å². The number of hydrogen-bond donors (Lipinski definition) is 0. The molecule has 2 nitrogen and oxygen atoms in total. The second kappa shape index (κ2) is 3.69. The fourth-order valence-corrected chi connectivity index (χ4v) is 2.76. The lowest BCUT2D eigenvalue weighted by Gasteiger charge is -2.39. The summed E-state index contributed by atoms with van der Waals surface area (Å²) in [5.74, 6) is 1.59. The minimum Gasteiger partial charge on any atom is -0.496 e. The first-order valence-corrected chi connectivity index (χ1v) is 5.94. The van der Waals surface area contributed by atoms with Crippen molar-refractivity contribution in [1.82, 2.24) is 0 Å². The number of allylic oxidation sites excluding steroid dienone is 1. The van der Waals surface area contributed by atoms with E-state index < -0.39 is 0 Å². The van der Waals surface area contributed by atoms with Crippen LogP contribution in [0.4, 0.5) is 0 Å². The molecule has 1 fully saturated rings. The molecule has 1 aliphatic carbocycles. The van der Waals surface area contributed by atoms with E-state index in [2.05, 4.69) is 29.8 Å². The van der Waals surface area contributed by atoms with E-state index in [0.29, 0.717) is 16.3 Å². The van der Waals surface area contributed by atoms with Crippen LogP contribution in [0.3, 0.4) is 0 Å². The van der Waals surface area contributed by atoms with Gasteiger partial charge in [-0.25, -0.2) is 0 Å². The minimum absolute atomic E-state index is 0.0839. The average Bonchev–Trinajstić information content (AvgIpc) is 2.15. The van der Waals surface area contributed by atoms with Crippen molar-refractivity contribution in [2.24, 2.45) is 17.8 Å². The number of carbonyl (C=O) groups is 1. The Balaban J connectivity index is 2.18. The van der Waals surface area contributed by atoms with Gasteiger partial charge in [0.2, 0.25) is 0 Å². The van der Waals surface area contributed by atoms with E-state index in [1.165, 1.54) is 0 Å². The Bertz CT molecular complexity index is 285. The van der Waals surface area contributed by atoms with Crippen LogP contribution in [0, 0.1) is 17.8 Å². The van der Waals surface area contributed by atoms with E-state index in [4.69, 9.17) is 4.74 Å². The van der Waals surface area contributed by atoms with Crippen molar-refractivity contribution in [2.45, 2.75) is 32.8 Å². The monoisotopic (exact) mass is 258 g/mol. The van der Waals surface area contributed by atoms with Crippen molar-refractivity contribution in [3.63, 3.8) is 0 Å². The van der Waals surface area contributed by atoms with Crippen molar-refractivity contribution in [2.75, 3.05) is 0 Å². The molecule has 0 spiro atoms. The fraction of sp³-hybridized carbons (Fsp3) is 0.727. The van der Waals surface area contributed by atoms with Gasteiger partial charge in [-0.05, 0) is 40.6 Å². The highest BCUT2D eigenvalue weighted by Crippen LogP contribution is 2.39. The van der Waals surface area contributed by atoms with Gasteiger partial charge < -0.3 is 4.74 Å². The minimum atomic E-state index is 0.0839. The van der Waals surface area contributed by atoms with E-state index >= 15 is 0 Å². The Morgan fingerprint density at radius 2 is 2.00 bits per heavy atom. The van der Waals surface area contributed by atoms with Crippen LogP contribution >= 0.6 is 15.9 Å². The van der Waals surface area contributed by atoms with Gasteiger partial charge in [0.05, 0.1) is 10.4 Å². The van der Waals surface area contributed by atoms with Crippen LogP contribution in [0.1, 0.15) is 26.7 Å². The predicted octanol–water partition coefficient (Wildman–Crippen LogP) is 2.87. The molecule has 0 bridgehead atoms. The standard InChI is InChI=1S/C11H15BrO2/c1-6-3-8-10(4-7(6)2)14-5-9(12)11(8)13/h5-8,10H,3-4H2,1-2H3. The van der Waals surface area contributed by atoms with E-state index in [-0.39, 0.29) is 17.8 Å². The summed E-state index contributed by atoms with van der Waals surface area (Å²) in [6.07, 6.45) is 3.66. The SMILES string of the molecule is CC1CC2OC=C(Br)C(=O)C2CC1C. The van der Waals surface area contributed by atoms with Crippen molar-refractivity contribution in [3.05, 3.63) is 10.7 Å². The summed E-state index contributed by atoms with van der Waals surface area (Å²) in [5, 5.41) is 0. The third-order valence-corrected chi connectivity index (χ3v) is 4.15. The van der Waals surface area contributed by atoms with E-state index in [0.717, 1.165) is 12.8 Å². The molecule has 0 aromatic carbocycles. The fourth-order valence-electron chi connectivity index (χ4n) is 2.36. The molecule has 0 aromatic rings. The Hall–Kier alpha value is -0.310. The molecule has 2 aliphatic rings. The number of Topliss-reactive ketones (excluding diaryl/α,β-unsaturated/α-hetero) is 1.